The Labute approximate surface area is 116 Å². The minimum Gasteiger partial charge on any atom is -0.490 e. The summed E-state index contributed by atoms with van der Waals surface area (Å²) in [5, 5.41) is 4.43. The highest BCUT2D eigenvalue weighted by molar-refractivity contribution is 6.34. The van der Waals surface area contributed by atoms with E-state index in [1.807, 2.05) is 30.3 Å². The summed E-state index contributed by atoms with van der Waals surface area (Å²) < 4.78 is 5.56. The third-order valence-electron chi connectivity index (χ3n) is 2.36. The fourth-order valence-electron chi connectivity index (χ4n) is 1.50. The smallest absolute Gasteiger partial charge is 0.139 e. The Kier molecular flexibility index (Phi) is 4.73. The molecule has 0 spiro atoms. The van der Waals surface area contributed by atoms with Crippen LogP contribution >= 0.6 is 23.2 Å². The monoisotopic (exact) mass is 281 g/mol. The van der Waals surface area contributed by atoms with Gasteiger partial charge in [0.15, 0.2) is 0 Å². The van der Waals surface area contributed by atoms with Crippen molar-refractivity contribution in [3.63, 3.8) is 0 Å². The molecular formula is C14H13Cl2NO. The summed E-state index contributed by atoms with van der Waals surface area (Å²) in [5.74, 6) is 0.610. The van der Waals surface area contributed by atoms with Gasteiger partial charge >= 0.3 is 0 Å². The van der Waals surface area contributed by atoms with Gasteiger partial charge in [0.1, 0.15) is 12.4 Å². The summed E-state index contributed by atoms with van der Waals surface area (Å²) in [6.07, 6.45) is 0. The Hall–Kier alpha value is -1.38. The SMILES string of the molecule is Clc1ccc(Cl)c(OCCNc2ccccc2)c1. The Bertz CT molecular complexity index is 502. The first-order valence-electron chi connectivity index (χ1n) is 5.62. The van der Waals surface area contributed by atoms with Crippen LogP contribution in [0, 0.1) is 0 Å². The maximum Gasteiger partial charge on any atom is 0.139 e. The summed E-state index contributed by atoms with van der Waals surface area (Å²) in [6, 6.07) is 15.1. The normalized spacial score (nSPS) is 10.1. The van der Waals surface area contributed by atoms with Crippen molar-refractivity contribution in [3.8, 4) is 5.75 Å². The van der Waals surface area contributed by atoms with E-state index >= 15 is 0 Å². The molecule has 0 fully saturated rings. The lowest BCUT2D eigenvalue weighted by atomic mass is 10.3. The van der Waals surface area contributed by atoms with Gasteiger partial charge in [0, 0.05) is 23.3 Å². The molecule has 0 radical (unpaired) electrons. The molecule has 0 aliphatic rings. The summed E-state index contributed by atoms with van der Waals surface area (Å²) in [4.78, 5) is 0. The van der Waals surface area contributed by atoms with Gasteiger partial charge in [-0.15, -0.1) is 0 Å². The lowest BCUT2D eigenvalue weighted by Crippen LogP contribution is -2.11. The molecule has 0 atom stereocenters. The van der Waals surface area contributed by atoms with E-state index < -0.39 is 0 Å². The Balaban J connectivity index is 1.80. The number of nitrogens with one attached hydrogen (secondary N) is 1. The van der Waals surface area contributed by atoms with Gasteiger partial charge in [0.05, 0.1) is 5.02 Å². The number of benzene rings is 2. The van der Waals surface area contributed by atoms with Crippen molar-refractivity contribution in [1.29, 1.82) is 0 Å². The van der Waals surface area contributed by atoms with Gasteiger partial charge < -0.3 is 10.1 Å². The van der Waals surface area contributed by atoms with Crippen molar-refractivity contribution in [2.75, 3.05) is 18.5 Å². The number of ether oxygens (including phenoxy) is 1. The highest BCUT2D eigenvalue weighted by Gasteiger charge is 2.01. The molecule has 0 aliphatic carbocycles. The zero-order valence-electron chi connectivity index (χ0n) is 9.70. The number of rotatable bonds is 5. The summed E-state index contributed by atoms with van der Waals surface area (Å²) >= 11 is 11.9. The number of para-hydroxylation sites is 1. The first-order valence-corrected chi connectivity index (χ1v) is 6.38. The molecule has 0 unspecified atom stereocenters. The Morgan fingerprint density at radius 3 is 2.56 bits per heavy atom. The van der Waals surface area contributed by atoms with E-state index in [4.69, 9.17) is 27.9 Å². The van der Waals surface area contributed by atoms with Crippen LogP contribution in [0.1, 0.15) is 0 Å². The average Bonchev–Trinajstić information content (AvgIpc) is 2.40. The number of anilines is 1. The van der Waals surface area contributed by atoms with Crippen molar-refractivity contribution in [1.82, 2.24) is 0 Å². The number of halogens is 2. The first kappa shape index (κ1) is 13.1. The highest BCUT2D eigenvalue weighted by Crippen LogP contribution is 2.27. The summed E-state index contributed by atoms with van der Waals surface area (Å²) in [6.45, 7) is 1.22. The van der Waals surface area contributed by atoms with Crippen LogP contribution in [0.3, 0.4) is 0 Å². The molecule has 0 amide bonds. The van der Waals surface area contributed by atoms with Crippen LogP contribution < -0.4 is 10.1 Å². The summed E-state index contributed by atoms with van der Waals surface area (Å²) in [5.41, 5.74) is 1.07. The predicted octanol–water partition coefficient (Wildman–Crippen LogP) is 4.48. The molecule has 0 heterocycles. The van der Waals surface area contributed by atoms with E-state index in [1.54, 1.807) is 18.2 Å². The molecule has 0 saturated heterocycles. The van der Waals surface area contributed by atoms with Gasteiger partial charge in [-0.3, -0.25) is 0 Å². The molecule has 0 bridgehead atoms. The zero-order chi connectivity index (χ0) is 12.8. The van der Waals surface area contributed by atoms with Gasteiger partial charge in [-0.2, -0.15) is 0 Å². The third-order valence-corrected chi connectivity index (χ3v) is 2.90. The van der Waals surface area contributed by atoms with Gasteiger partial charge in [-0.05, 0) is 24.3 Å². The van der Waals surface area contributed by atoms with Gasteiger partial charge in [0.25, 0.3) is 0 Å². The molecule has 0 aliphatic heterocycles. The molecule has 4 heteroatoms. The third kappa shape index (κ3) is 3.83. The fourth-order valence-corrected chi connectivity index (χ4v) is 1.83. The molecular weight excluding hydrogens is 269 g/mol. The molecule has 1 N–H and O–H groups in total. The lowest BCUT2D eigenvalue weighted by molar-refractivity contribution is 0.333. The Morgan fingerprint density at radius 2 is 1.78 bits per heavy atom. The van der Waals surface area contributed by atoms with Crippen molar-refractivity contribution in [2.24, 2.45) is 0 Å². The highest BCUT2D eigenvalue weighted by atomic mass is 35.5. The Morgan fingerprint density at radius 1 is 1.00 bits per heavy atom. The van der Waals surface area contributed by atoms with Crippen LogP contribution in [0.2, 0.25) is 10.0 Å². The predicted molar refractivity (Wildman–Crippen MR) is 76.9 cm³/mol. The van der Waals surface area contributed by atoms with Crippen LogP contribution in [-0.2, 0) is 0 Å². The second kappa shape index (κ2) is 6.53. The molecule has 2 aromatic rings. The van der Waals surface area contributed by atoms with E-state index in [0.29, 0.717) is 28.9 Å². The van der Waals surface area contributed by atoms with E-state index in [0.717, 1.165) is 5.69 Å². The van der Waals surface area contributed by atoms with Crippen molar-refractivity contribution in [2.45, 2.75) is 0 Å². The standard InChI is InChI=1S/C14H13Cl2NO/c15-11-6-7-13(16)14(10-11)18-9-8-17-12-4-2-1-3-5-12/h1-7,10,17H,8-9H2. The molecule has 18 heavy (non-hydrogen) atoms. The van der Waals surface area contributed by atoms with Gasteiger partial charge in [0.2, 0.25) is 0 Å². The number of hydrogen-bond acceptors (Lipinski definition) is 2. The van der Waals surface area contributed by atoms with Crippen LogP contribution in [-0.4, -0.2) is 13.2 Å². The van der Waals surface area contributed by atoms with Crippen molar-refractivity contribution >= 4 is 28.9 Å². The van der Waals surface area contributed by atoms with E-state index in [1.165, 1.54) is 0 Å². The maximum atomic E-state index is 5.99. The molecule has 2 nitrogen and oxygen atoms in total. The largest absolute Gasteiger partial charge is 0.490 e. The molecule has 0 aromatic heterocycles. The van der Waals surface area contributed by atoms with Gasteiger partial charge in [-0.1, -0.05) is 41.4 Å². The average molecular weight is 282 g/mol. The topological polar surface area (TPSA) is 21.3 Å². The van der Waals surface area contributed by atoms with Crippen LogP contribution in [0.15, 0.2) is 48.5 Å². The van der Waals surface area contributed by atoms with E-state index in [-0.39, 0.29) is 0 Å². The lowest BCUT2D eigenvalue weighted by Gasteiger charge is -2.10. The second-order valence-corrected chi connectivity index (χ2v) is 4.56. The van der Waals surface area contributed by atoms with Crippen LogP contribution in [0.5, 0.6) is 5.75 Å². The molecule has 94 valence electrons. The maximum absolute atomic E-state index is 5.99. The molecule has 0 saturated carbocycles. The van der Waals surface area contributed by atoms with E-state index in [2.05, 4.69) is 5.32 Å². The van der Waals surface area contributed by atoms with Crippen LogP contribution in [0.4, 0.5) is 5.69 Å². The minimum atomic E-state index is 0.523. The van der Waals surface area contributed by atoms with Crippen molar-refractivity contribution < 1.29 is 4.74 Å². The summed E-state index contributed by atoms with van der Waals surface area (Å²) in [7, 11) is 0. The van der Waals surface area contributed by atoms with Gasteiger partial charge in [-0.25, -0.2) is 0 Å². The zero-order valence-corrected chi connectivity index (χ0v) is 11.2. The molecule has 2 aromatic carbocycles. The second-order valence-electron chi connectivity index (χ2n) is 3.72. The van der Waals surface area contributed by atoms with Crippen LogP contribution in [0.25, 0.3) is 0 Å². The fraction of sp³-hybridized carbons (Fsp3) is 0.143. The minimum absolute atomic E-state index is 0.523. The van der Waals surface area contributed by atoms with Crippen molar-refractivity contribution in [3.05, 3.63) is 58.6 Å². The number of hydrogen-bond donors (Lipinski definition) is 1. The van der Waals surface area contributed by atoms with E-state index in [9.17, 15) is 0 Å². The molecule has 2 rings (SSSR count). The quantitative estimate of drug-likeness (QED) is 0.816. The first-order chi connectivity index (χ1) is 8.75.